The molecule has 0 bridgehead atoms. The number of nitrogens with one attached hydrogen (secondary N) is 1. The molecule has 1 aliphatic rings. The van der Waals surface area contributed by atoms with Crippen LogP contribution in [0.5, 0.6) is 0 Å². The fraction of sp³-hybridized carbons (Fsp3) is 0.156. The van der Waals surface area contributed by atoms with Crippen molar-refractivity contribution in [2.45, 2.75) is 25.8 Å². The van der Waals surface area contributed by atoms with E-state index in [1.165, 1.54) is 11.1 Å². The Kier molecular flexibility index (Phi) is 6.22. The van der Waals surface area contributed by atoms with E-state index in [0.29, 0.717) is 5.56 Å². The predicted molar refractivity (Wildman–Crippen MR) is 147 cm³/mol. The Morgan fingerprint density at radius 3 is 2.50 bits per heavy atom. The van der Waals surface area contributed by atoms with Crippen molar-refractivity contribution in [1.29, 1.82) is 0 Å². The van der Waals surface area contributed by atoms with Crippen molar-refractivity contribution in [3.63, 3.8) is 0 Å². The number of aromatic nitrogens is 2. The van der Waals surface area contributed by atoms with Crippen LogP contribution in [0.4, 0.5) is 0 Å². The van der Waals surface area contributed by atoms with Gasteiger partial charge in [-0.15, -0.1) is 0 Å². The smallest absolute Gasteiger partial charge is 0.358 e. The molecular formula is C32H27N3O3. The van der Waals surface area contributed by atoms with Gasteiger partial charge >= 0.3 is 5.97 Å². The second-order valence-electron chi connectivity index (χ2n) is 9.42. The van der Waals surface area contributed by atoms with Gasteiger partial charge in [0, 0.05) is 11.1 Å². The maximum absolute atomic E-state index is 13.0. The molecule has 6 rings (SSSR count). The van der Waals surface area contributed by atoms with E-state index in [1.807, 2.05) is 42.5 Å². The van der Waals surface area contributed by atoms with Gasteiger partial charge in [-0.3, -0.25) is 4.79 Å². The van der Waals surface area contributed by atoms with Crippen molar-refractivity contribution >= 4 is 22.6 Å². The van der Waals surface area contributed by atoms with Gasteiger partial charge in [0.05, 0.1) is 24.0 Å². The quantitative estimate of drug-likeness (QED) is 0.278. The number of rotatable bonds is 6. The van der Waals surface area contributed by atoms with Crippen molar-refractivity contribution < 1.29 is 14.3 Å². The van der Waals surface area contributed by atoms with Crippen LogP contribution in [0.1, 0.15) is 51.4 Å². The van der Waals surface area contributed by atoms with E-state index in [9.17, 15) is 9.59 Å². The van der Waals surface area contributed by atoms with E-state index in [-0.39, 0.29) is 24.2 Å². The van der Waals surface area contributed by atoms with Crippen LogP contribution >= 0.6 is 0 Å². The van der Waals surface area contributed by atoms with Crippen molar-refractivity contribution in [3.8, 4) is 16.9 Å². The third-order valence-electron chi connectivity index (χ3n) is 7.05. The maximum atomic E-state index is 13.0. The molecule has 1 heterocycles. The average Bonchev–Trinajstić information content (AvgIpc) is 3.58. The summed E-state index contributed by atoms with van der Waals surface area (Å²) in [5.74, 6) is -0.582. The first-order valence-electron chi connectivity index (χ1n) is 12.9. The Morgan fingerprint density at radius 1 is 0.921 bits per heavy atom. The summed E-state index contributed by atoms with van der Waals surface area (Å²) in [5, 5.41) is 9.98. The van der Waals surface area contributed by atoms with Crippen LogP contribution in [0.3, 0.4) is 0 Å². The van der Waals surface area contributed by atoms with E-state index in [2.05, 4.69) is 46.8 Å². The Balaban J connectivity index is 1.31. The fourth-order valence-electron chi connectivity index (χ4n) is 5.14. The van der Waals surface area contributed by atoms with Gasteiger partial charge in [0.25, 0.3) is 5.91 Å². The Morgan fingerprint density at radius 2 is 1.68 bits per heavy atom. The monoisotopic (exact) mass is 501 g/mol. The number of esters is 1. The molecule has 1 aromatic heterocycles. The van der Waals surface area contributed by atoms with Crippen LogP contribution in [0, 0.1) is 0 Å². The molecule has 6 nitrogen and oxygen atoms in total. The molecule has 1 N–H and O–H groups in total. The highest BCUT2D eigenvalue weighted by molar-refractivity contribution is 5.95. The lowest BCUT2D eigenvalue weighted by Gasteiger charge is -2.14. The summed E-state index contributed by atoms with van der Waals surface area (Å²) in [6, 6.07) is 31.6. The molecule has 6 heteroatoms. The number of benzene rings is 4. The summed E-state index contributed by atoms with van der Waals surface area (Å²) in [7, 11) is 0. The highest BCUT2D eigenvalue weighted by Gasteiger charge is 2.24. The number of hydrogen-bond donors (Lipinski definition) is 1. The normalized spacial score (nSPS) is 14.3. The largest absolute Gasteiger partial charge is 0.461 e. The highest BCUT2D eigenvalue weighted by atomic mass is 16.5. The van der Waals surface area contributed by atoms with Gasteiger partial charge in [-0.1, -0.05) is 60.7 Å². The van der Waals surface area contributed by atoms with Crippen molar-refractivity contribution in [2.75, 3.05) is 6.61 Å². The Labute approximate surface area is 220 Å². The van der Waals surface area contributed by atoms with Crippen LogP contribution in [-0.2, 0) is 11.2 Å². The molecule has 0 spiro atoms. The van der Waals surface area contributed by atoms with Gasteiger partial charge in [-0.05, 0) is 78.1 Å². The molecule has 38 heavy (non-hydrogen) atoms. The molecule has 0 fully saturated rings. The first-order chi connectivity index (χ1) is 18.6. The number of nitrogens with zero attached hydrogens (tertiary/aromatic N) is 2. The van der Waals surface area contributed by atoms with Gasteiger partial charge in [-0.2, -0.15) is 5.10 Å². The van der Waals surface area contributed by atoms with Gasteiger partial charge in [0.1, 0.15) is 0 Å². The Hall–Kier alpha value is -4.71. The summed E-state index contributed by atoms with van der Waals surface area (Å²) in [6.45, 7) is 2.04. The van der Waals surface area contributed by atoms with Crippen LogP contribution in [0.25, 0.3) is 27.7 Å². The zero-order valence-corrected chi connectivity index (χ0v) is 21.1. The molecule has 0 saturated carbocycles. The minimum absolute atomic E-state index is 0.0242. The zero-order chi connectivity index (χ0) is 26.1. The lowest BCUT2D eigenvalue weighted by molar-refractivity contribution is 0.0518. The molecule has 0 saturated heterocycles. The highest BCUT2D eigenvalue weighted by Crippen LogP contribution is 2.31. The van der Waals surface area contributed by atoms with Crippen LogP contribution in [-0.4, -0.2) is 28.3 Å². The first-order valence-corrected chi connectivity index (χ1v) is 12.9. The number of carbonyl (C=O) groups excluding carboxylic acids is 2. The topological polar surface area (TPSA) is 73.2 Å². The summed E-state index contributed by atoms with van der Waals surface area (Å²) < 4.78 is 6.94. The summed E-state index contributed by atoms with van der Waals surface area (Å²) >= 11 is 0. The second kappa shape index (κ2) is 9.98. The Bertz CT molecular complexity index is 1650. The summed E-state index contributed by atoms with van der Waals surface area (Å²) in [4.78, 5) is 25.6. The molecule has 4 aromatic carbocycles. The molecular weight excluding hydrogens is 474 g/mol. The third-order valence-corrected chi connectivity index (χ3v) is 7.05. The number of amides is 1. The van der Waals surface area contributed by atoms with Crippen LogP contribution in [0.2, 0.25) is 0 Å². The lowest BCUT2D eigenvalue weighted by atomic mass is 10.0. The minimum atomic E-state index is -0.471. The number of carbonyl (C=O) groups is 2. The van der Waals surface area contributed by atoms with Crippen molar-refractivity contribution in [1.82, 2.24) is 15.1 Å². The van der Waals surface area contributed by atoms with Gasteiger partial charge in [-0.25, -0.2) is 9.48 Å². The second-order valence-corrected chi connectivity index (χ2v) is 9.42. The lowest BCUT2D eigenvalue weighted by Crippen LogP contribution is -2.27. The third kappa shape index (κ3) is 4.45. The van der Waals surface area contributed by atoms with Crippen LogP contribution < -0.4 is 5.32 Å². The van der Waals surface area contributed by atoms with Gasteiger partial charge in [0.2, 0.25) is 0 Å². The number of aryl methyl sites for hydroxylation is 1. The molecule has 1 atom stereocenters. The van der Waals surface area contributed by atoms with Crippen molar-refractivity contribution in [3.05, 3.63) is 119 Å². The number of fused-ring (bicyclic) bond motifs is 2. The molecule has 0 unspecified atom stereocenters. The number of ether oxygens (including phenoxy) is 1. The van der Waals surface area contributed by atoms with E-state index < -0.39 is 5.97 Å². The molecule has 5 aromatic rings. The van der Waals surface area contributed by atoms with Crippen LogP contribution in [0.15, 0.2) is 97.1 Å². The molecule has 1 amide bonds. The summed E-state index contributed by atoms with van der Waals surface area (Å²) in [5.41, 5.74) is 5.73. The average molecular weight is 502 g/mol. The predicted octanol–water partition coefficient (Wildman–Crippen LogP) is 6.29. The van der Waals surface area contributed by atoms with Gasteiger partial charge < -0.3 is 10.1 Å². The zero-order valence-electron chi connectivity index (χ0n) is 21.1. The minimum Gasteiger partial charge on any atom is -0.461 e. The molecule has 188 valence electrons. The van der Waals surface area contributed by atoms with Gasteiger partial charge in [0.15, 0.2) is 5.69 Å². The fourth-order valence-corrected chi connectivity index (χ4v) is 5.14. The SMILES string of the molecule is CCOC(=O)c1cc(-c2ccc3ccccc3c2)n(-c2ccc(C(=O)N[C@H]3CCc4ccccc43)cc2)n1. The van der Waals surface area contributed by atoms with E-state index in [4.69, 9.17) is 4.74 Å². The molecule has 0 aliphatic heterocycles. The number of hydrogen-bond acceptors (Lipinski definition) is 4. The van der Waals surface area contributed by atoms with E-state index in [1.54, 1.807) is 29.8 Å². The standard InChI is InChI=1S/C32H27N3O3/c1-2-38-32(37)29-20-30(25-12-11-21-7-3-4-9-24(21)19-25)35(34-29)26-16-13-23(14-17-26)31(36)33-28-18-15-22-8-5-6-10-27(22)28/h3-14,16-17,19-20,28H,2,15,18H2,1H3,(H,33,36)/t28-/m0/s1. The summed E-state index contributed by atoms with van der Waals surface area (Å²) in [6.07, 6.45) is 1.88. The van der Waals surface area contributed by atoms with E-state index >= 15 is 0 Å². The molecule has 1 aliphatic carbocycles. The maximum Gasteiger partial charge on any atom is 0.358 e. The van der Waals surface area contributed by atoms with Crippen molar-refractivity contribution in [2.24, 2.45) is 0 Å². The molecule has 0 radical (unpaired) electrons. The first kappa shape index (κ1) is 23.7. The van der Waals surface area contributed by atoms with E-state index in [0.717, 1.165) is 40.6 Å².